The maximum absolute atomic E-state index is 13.0. The fourth-order valence-corrected chi connectivity index (χ4v) is 6.54. The van der Waals surface area contributed by atoms with Crippen LogP contribution >= 0.6 is 0 Å². The summed E-state index contributed by atoms with van der Waals surface area (Å²) in [5.74, 6) is 2.80. The van der Waals surface area contributed by atoms with Gasteiger partial charge in [0.05, 0.1) is 4.90 Å². The van der Waals surface area contributed by atoms with Crippen LogP contribution in [0.1, 0.15) is 48.0 Å². The van der Waals surface area contributed by atoms with Crippen LogP contribution < -0.4 is 5.32 Å². The molecule has 4 bridgehead atoms. The number of aryl methyl sites for hydroxylation is 1. The lowest BCUT2D eigenvalue weighted by atomic mass is 9.54. The SMILES string of the molecule is Cc1ccc(S(=O)(=O)N(C)C)cc1C(=O)NC1C2CC3CC(C2)CC1C3. The topological polar surface area (TPSA) is 66.5 Å². The number of carbonyl (C=O) groups excluding carboxylic acids is 1. The normalized spacial score (nSPS) is 32.8. The van der Waals surface area contributed by atoms with Crippen molar-refractivity contribution in [3.63, 3.8) is 0 Å². The van der Waals surface area contributed by atoms with E-state index in [9.17, 15) is 13.2 Å². The van der Waals surface area contributed by atoms with Crippen molar-refractivity contribution in [3.8, 4) is 0 Å². The number of rotatable bonds is 4. The minimum absolute atomic E-state index is 0.129. The quantitative estimate of drug-likeness (QED) is 0.879. The van der Waals surface area contributed by atoms with E-state index in [0.29, 0.717) is 17.4 Å². The molecule has 0 aliphatic heterocycles. The Morgan fingerprint density at radius 2 is 1.62 bits per heavy atom. The molecule has 1 aromatic rings. The summed E-state index contributed by atoms with van der Waals surface area (Å²) in [5.41, 5.74) is 1.28. The highest BCUT2D eigenvalue weighted by Crippen LogP contribution is 2.53. The second kappa shape index (κ2) is 6.34. The van der Waals surface area contributed by atoms with Crippen LogP contribution in [0.2, 0.25) is 0 Å². The standard InChI is InChI=1S/C20H28N2O3S/c1-12-4-5-17(26(24,25)22(2)3)11-18(12)20(23)21-19-15-7-13-6-14(9-15)10-16(19)8-13/h4-5,11,13-16,19H,6-10H2,1-3H3,(H,21,23). The van der Waals surface area contributed by atoms with E-state index in [-0.39, 0.29) is 16.8 Å². The minimum atomic E-state index is -3.55. The molecule has 0 atom stereocenters. The highest BCUT2D eigenvalue weighted by molar-refractivity contribution is 7.89. The molecule has 4 saturated carbocycles. The van der Waals surface area contributed by atoms with E-state index in [4.69, 9.17) is 0 Å². The lowest BCUT2D eigenvalue weighted by molar-refractivity contribution is -0.0119. The third-order valence-electron chi connectivity index (χ3n) is 6.76. The summed E-state index contributed by atoms with van der Waals surface area (Å²) in [6.07, 6.45) is 6.35. The van der Waals surface area contributed by atoms with Crippen LogP contribution in [0.4, 0.5) is 0 Å². The summed E-state index contributed by atoms with van der Waals surface area (Å²) in [6.45, 7) is 1.86. The summed E-state index contributed by atoms with van der Waals surface area (Å²) in [5, 5.41) is 3.28. The van der Waals surface area contributed by atoms with Gasteiger partial charge in [-0.25, -0.2) is 12.7 Å². The van der Waals surface area contributed by atoms with Crippen molar-refractivity contribution in [2.75, 3.05) is 14.1 Å². The molecule has 1 amide bonds. The van der Waals surface area contributed by atoms with Crippen molar-refractivity contribution in [3.05, 3.63) is 29.3 Å². The summed E-state index contributed by atoms with van der Waals surface area (Å²) >= 11 is 0. The van der Waals surface area contributed by atoms with Crippen LogP contribution in [-0.4, -0.2) is 38.8 Å². The Morgan fingerprint density at radius 1 is 1.04 bits per heavy atom. The number of amides is 1. The Labute approximate surface area is 156 Å². The van der Waals surface area contributed by atoms with E-state index in [2.05, 4.69) is 5.32 Å². The zero-order valence-electron chi connectivity index (χ0n) is 15.7. The molecule has 6 heteroatoms. The van der Waals surface area contributed by atoms with Crippen molar-refractivity contribution in [1.82, 2.24) is 9.62 Å². The van der Waals surface area contributed by atoms with E-state index in [0.717, 1.165) is 17.4 Å². The molecule has 1 aromatic carbocycles. The number of carbonyl (C=O) groups is 1. The van der Waals surface area contributed by atoms with Gasteiger partial charge in [-0.3, -0.25) is 4.79 Å². The van der Waals surface area contributed by atoms with E-state index in [1.54, 1.807) is 12.1 Å². The van der Waals surface area contributed by atoms with Gasteiger partial charge >= 0.3 is 0 Å². The van der Waals surface area contributed by atoms with Crippen LogP contribution in [0.3, 0.4) is 0 Å². The van der Waals surface area contributed by atoms with Crippen LogP contribution in [0.25, 0.3) is 0 Å². The van der Waals surface area contributed by atoms with Gasteiger partial charge in [0.1, 0.15) is 0 Å². The zero-order valence-corrected chi connectivity index (χ0v) is 16.6. The van der Waals surface area contributed by atoms with Crippen molar-refractivity contribution < 1.29 is 13.2 Å². The molecule has 0 spiro atoms. The van der Waals surface area contributed by atoms with Crippen LogP contribution in [0.15, 0.2) is 23.1 Å². The lowest BCUT2D eigenvalue weighted by Crippen LogP contribution is -2.55. The summed E-state index contributed by atoms with van der Waals surface area (Å²) < 4.78 is 26.0. The number of hydrogen-bond acceptors (Lipinski definition) is 3. The van der Waals surface area contributed by atoms with Crippen molar-refractivity contribution in [1.29, 1.82) is 0 Å². The van der Waals surface area contributed by atoms with Gasteiger partial charge in [-0.2, -0.15) is 0 Å². The highest BCUT2D eigenvalue weighted by Gasteiger charge is 2.48. The van der Waals surface area contributed by atoms with E-state index < -0.39 is 10.0 Å². The first-order chi connectivity index (χ1) is 12.3. The van der Waals surface area contributed by atoms with Gasteiger partial charge in [0.2, 0.25) is 10.0 Å². The largest absolute Gasteiger partial charge is 0.349 e. The molecule has 4 aliphatic carbocycles. The second-order valence-electron chi connectivity index (χ2n) is 8.69. The molecule has 0 saturated heterocycles. The van der Waals surface area contributed by atoms with E-state index in [1.807, 2.05) is 6.92 Å². The monoisotopic (exact) mass is 376 g/mol. The molecule has 26 heavy (non-hydrogen) atoms. The third kappa shape index (κ3) is 2.97. The van der Waals surface area contributed by atoms with Gasteiger partial charge in [-0.15, -0.1) is 0 Å². The number of benzene rings is 1. The maximum Gasteiger partial charge on any atom is 0.251 e. The Bertz CT molecular complexity index is 803. The first-order valence-corrected chi connectivity index (χ1v) is 11.0. The summed E-state index contributed by atoms with van der Waals surface area (Å²) in [7, 11) is -0.539. The van der Waals surface area contributed by atoms with Crippen molar-refractivity contribution >= 4 is 15.9 Å². The van der Waals surface area contributed by atoms with Gasteiger partial charge in [-0.05, 0) is 80.4 Å². The minimum Gasteiger partial charge on any atom is -0.349 e. The first kappa shape index (κ1) is 18.0. The lowest BCUT2D eigenvalue weighted by Gasteiger charge is -2.54. The number of nitrogens with zero attached hydrogens (tertiary/aromatic N) is 1. The summed E-state index contributed by atoms with van der Waals surface area (Å²) in [6, 6.07) is 5.08. The Balaban J connectivity index is 1.57. The molecule has 142 valence electrons. The average molecular weight is 377 g/mol. The molecule has 5 rings (SSSR count). The average Bonchev–Trinajstić information content (AvgIpc) is 2.57. The molecule has 0 heterocycles. The maximum atomic E-state index is 13.0. The van der Waals surface area contributed by atoms with Gasteiger partial charge in [0.25, 0.3) is 5.91 Å². The third-order valence-corrected chi connectivity index (χ3v) is 8.57. The predicted molar refractivity (Wildman–Crippen MR) is 100 cm³/mol. The van der Waals surface area contributed by atoms with Gasteiger partial charge in [0, 0.05) is 25.7 Å². The number of nitrogens with one attached hydrogen (secondary N) is 1. The molecule has 0 radical (unpaired) electrons. The van der Waals surface area contributed by atoms with Crippen LogP contribution in [-0.2, 0) is 10.0 Å². The molecule has 0 unspecified atom stereocenters. The molecule has 1 N–H and O–H groups in total. The van der Waals surface area contributed by atoms with Gasteiger partial charge in [-0.1, -0.05) is 6.07 Å². The molecule has 4 aliphatic rings. The second-order valence-corrected chi connectivity index (χ2v) is 10.8. The van der Waals surface area contributed by atoms with Crippen molar-refractivity contribution in [2.45, 2.75) is 50.0 Å². The predicted octanol–water partition coefficient (Wildman–Crippen LogP) is 2.80. The van der Waals surface area contributed by atoms with Crippen LogP contribution in [0.5, 0.6) is 0 Å². The van der Waals surface area contributed by atoms with E-state index in [1.165, 1.54) is 56.6 Å². The molecule has 5 nitrogen and oxygen atoms in total. The Kier molecular flexibility index (Phi) is 4.39. The number of hydrogen-bond donors (Lipinski definition) is 1. The Morgan fingerprint density at radius 3 is 2.15 bits per heavy atom. The first-order valence-electron chi connectivity index (χ1n) is 9.59. The fourth-order valence-electron chi connectivity index (χ4n) is 5.61. The Hall–Kier alpha value is -1.40. The van der Waals surface area contributed by atoms with E-state index >= 15 is 0 Å². The molecule has 0 aromatic heterocycles. The number of sulfonamides is 1. The summed E-state index contributed by atoms with van der Waals surface area (Å²) in [4.78, 5) is 13.2. The van der Waals surface area contributed by atoms with Gasteiger partial charge in [0.15, 0.2) is 0 Å². The molecular weight excluding hydrogens is 348 g/mol. The molecule has 4 fully saturated rings. The fraction of sp³-hybridized carbons (Fsp3) is 0.650. The highest BCUT2D eigenvalue weighted by atomic mass is 32.2. The van der Waals surface area contributed by atoms with Crippen LogP contribution in [0, 0.1) is 30.6 Å². The zero-order chi connectivity index (χ0) is 18.6. The molecular formula is C20H28N2O3S. The smallest absolute Gasteiger partial charge is 0.251 e. The van der Waals surface area contributed by atoms with Crippen molar-refractivity contribution in [2.24, 2.45) is 23.7 Å². The van der Waals surface area contributed by atoms with Gasteiger partial charge < -0.3 is 5.32 Å².